The fourth-order valence-corrected chi connectivity index (χ4v) is 3.07. The lowest BCUT2D eigenvalue weighted by atomic mass is 10.1. The zero-order valence-corrected chi connectivity index (χ0v) is 14.6. The molecule has 0 aliphatic carbocycles. The quantitative estimate of drug-likeness (QED) is 0.768. The van der Waals surface area contributed by atoms with Crippen molar-refractivity contribution in [2.45, 2.75) is 18.6 Å². The minimum Gasteiger partial charge on any atom is -0.493 e. The highest BCUT2D eigenvalue weighted by Gasteiger charge is 2.36. The van der Waals surface area contributed by atoms with Crippen LogP contribution in [0.15, 0.2) is 18.5 Å². The van der Waals surface area contributed by atoms with Gasteiger partial charge >= 0.3 is 0 Å². The average Bonchev–Trinajstić information content (AvgIpc) is 3.12. The molecule has 2 atom stereocenters. The molecule has 3 rings (SSSR count). The SMILES string of the molecule is [2H]CN(C[2H])C(=O)[C@@H]1C[C@H](Oc2cc3c(Cl)ncnc3cc2OC)CN1C[2H]. The summed E-state index contributed by atoms with van der Waals surface area (Å²) in [7, 11) is 0.878. The lowest BCUT2D eigenvalue weighted by Gasteiger charge is -2.21. The minimum absolute atomic E-state index is 0.0748. The van der Waals surface area contributed by atoms with Gasteiger partial charge in [-0.1, -0.05) is 11.6 Å². The first-order valence-corrected chi connectivity index (χ1v) is 7.95. The van der Waals surface area contributed by atoms with Crippen LogP contribution in [-0.4, -0.2) is 72.5 Å². The zero-order valence-electron chi connectivity index (χ0n) is 16.8. The molecule has 1 aliphatic heterocycles. The molecule has 0 saturated carbocycles. The molecule has 7 nitrogen and oxygen atoms in total. The maximum Gasteiger partial charge on any atom is 0.239 e. The fraction of sp³-hybridized carbons (Fsp3) is 0.471. The van der Waals surface area contributed by atoms with E-state index >= 15 is 0 Å². The second kappa shape index (κ2) is 7.01. The maximum absolute atomic E-state index is 12.6. The molecule has 0 bridgehead atoms. The summed E-state index contributed by atoms with van der Waals surface area (Å²) < 4.78 is 34.0. The van der Waals surface area contributed by atoms with Gasteiger partial charge in [0.1, 0.15) is 17.6 Å². The summed E-state index contributed by atoms with van der Waals surface area (Å²) in [6.45, 7) is 0.379. The number of hydrogen-bond acceptors (Lipinski definition) is 6. The highest BCUT2D eigenvalue weighted by Crippen LogP contribution is 2.35. The zero-order chi connectivity index (χ0) is 20.3. The largest absolute Gasteiger partial charge is 0.493 e. The Morgan fingerprint density at radius 1 is 1.40 bits per heavy atom. The van der Waals surface area contributed by atoms with E-state index in [1.54, 1.807) is 17.0 Å². The van der Waals surface area contributed by atoms with Gasteiger partial charge in [-0.2, -0.15) is 0 Å². The second-order valence-corrected chi connectivity index (χ2v) is 6.18. The molecule has 25 heavy (non-hydrogen) atoms. The predicted octanol–water partition coefficient (Wildman–Crippen LogP) is 1.83. The Morgan fingerprint density at radius 2 is 2.24 bits per heavy atom. The second-order valence-electron chi connectivity index (χ2n) is 5.83. The topological polar surface area (TPSA) is 67.8 Å². The van der Waals surface area contributed by atoms with Gasteiger partial charge in [-0.15, -0.1) is 0 Å². The van der Waals surface area contributed by atoms with E-state index in [0.29, 0.717) is 40.5 Å². The summed E-state index contributed by atoms with van der Waals surface area (Å²) in [6.07, 6.45) is 1.37. The van der Waals surface area contributed by atoms with Gasteiger partial charge in [0.2, 0.25) is 5.91 Å². The normalized spacial score (nSPS) is 22.2. The van der Waals surface area contributed by atoms with E-state index in [4.69, 9.17) is 25.2 Å². The van der Waals surface area contributed by atoms with Crippen LogP contribution in [0, 0.1) is 0 Å². The first-order valence-electron chi connectivity index (χ1n) is 9.70. The van der Waals surface area contributed by atoms with Crippen molar-refractivity contribution in [3.8, 4) is 11.5 Å². The molecule has 0 radical (unpaired) electrons. The van der Waals surface area contributed by atoms with E-state index in [1.165, 1.54) is 13.4 Å². The molecule has 1 amide bonds. The number of likely N-dealkylation sites (tertiary alicyclic amines) is 1. The number of fused-ring (bicyclic) bond motifs is 1. The van der Waals surface area contributed by atoms with Crippen LogP contribution >= 0.6 is 11.6 Å². The number of methoxy groups -OCH3 is 1. The molecule has 0 N–H and O–H groups in total. The lowest BCUT2D eigenvalue weighted by molar-refractivity contribution is -0.133. The van der Waals surface area contributed by atoms with Crippen LogP contribution in [0.3, 0.4) is 0 Å². The number of benzene rings is 1. The first kappa shape index (κ1) is 14.1. The van der Waals surface area contributed by atoms with Crippen molar-refractivity contribution >= 4 is 28.4 Å². The van der Waals surface area contributed by atoms with Gasteiger partial charge in [0.25, 0.3) is 0 Å². The summed E-state index contributed by atoms with van der Waals surface area (Å²) in [5.41, 5.74) is 0.623. The third-order valence-electron chi connectivity index (χ3n) is 4.13. The van der Waals surface area contributed by atoms with Gasteiger partial charge in [0, 0.05) is 42.6 Å². The van der Waals surface area contributed by atoms with E-state index in [-0.39, 0.29) is 33.1 Å². The van der Waals surface area contributed by atoms with E-state index in [2.05, 4.69) is 9.97 Å². The van der Waals surface area contributed by atoms with Crippen LogP contribution in [0.5, 0.6) is 11.5 Å². The van der Waals surface area contributed by atoms with E-state index in [9.17, 15) is 4.79 Å². The molecule has 8 heteroatoms. The molecule has 1 saturated heterocycles. The molecule has 2 aromatic rings. The van der Waals surface area contributed by atoms with Crippen LogP contribution < -0.4 is 9.47 Å². The molecule has 134 valence electrons. The summed E-state index contributed by atoms with van der Waals surface area (Å²) in [5.74, 6) is 0.603. The third-order valence-corrected chi connectivity index (χ3v) is 4.43. The molecular formula is C17H21ClN4O3. The fourth-order valence-electron chi connectivity index (χ4n) is 2.88. The Labute approximate surface area is 155 Å². The Hall–Kier alpha value is -2.12. The Morgan fingerprint density at radius 3 is 2.96 bits per heavy atom. The molecule has 1 fully saturated rings. The number of halogens is 1. The van der Waals surface area contributed by atoms with Gasteiger partial charge in [-0.25, -0.2) is 9.97 Å². The number of ether oxygens (including phenoxy) is 2. The molecule has 2 heterocycles. The summed E-state index contributed by atoms with van der Waals surface area (Å²) >= 11 is 6.15. The van der Waals surface area contributed by atoms with E-state index in [1.807, 2.05) is 0 Å². The van der Waals surface area contributed by atoms with E-state index in [0.717, 1.165) is 4.90 Å². The summed E-state index contributed by atoms with van der Waals surface area (Å²) in [5, 5.41) is 0.920. The molecular weight excluding hydrogens is 344 g/mol. The van der Waals surface area contributed by atoms with Crippen LogP contribution in [0.2, 0.25) is 5.15 Å². The molecule has 0 unspecified atom stereocenters. The monoisotopic (exact) mass is 367 g/mol. The molecule has 1 aromatic heterocycles. The van der Waals surface area contributed by atoms with Crippen molar-refractivity contribution in [2.75, 3.05) is 34.7 Å². The van der Waals surface area contributed by atoms with Crippen molar-refractivity contribution in [3.05, 3.63) is 23.6 Å². The Balaban J connectivity index is 1.84. The molecule has 1 aromatic carbocycles. The average molecular weight is 368 g/mol. The number of carbonyl (C=O) groups is 1. The first-order chi connectivity index (χ1) is 13.5. The highest BCUT2D eigenvalue weighted by atomic mass is 35.5. The minimum atomic E-state index is -0.587. The van der Waals surface area contributed by atoms with Gasteiger partial charge < -0.3 is 14.4 Å². The molecule has 0 spiro atoms. The van der Waals surface area contributed by atoms with Crippen LogP contribution in [0.4, 0.5) is 0 Å². The van der Waals surface area contributed by atoms with Crippen molar-refractivity contribution in [1.82, 2.24) is 19.8 Å². The Kier molecular flexibility index (Phi) is 3.95. The van der Waals surface area contributed by atoms with Crippen molar-refractivity contribution < 1.29 is 18.4 Å². The number of hydrogen-bond donors (Lipinski definition) is 0. The van der Waals surface area contributed by atoms with Crippen LogP contribution in [-0.2, 0) is 4.79 Å². The predicted molar refractivity (Wildman–Crippen MR) is 95.2 cm³/mol. The number of carbonyl (C=O) groups excluding carboxylic acids is 1. The van der Waals surface area contributed by atoms with Crippen LogP contribution in [0.25, 0.3) is 10.9 Å². The van der Waals surface area contributed by atoms with Gasteiger partial charge in [0.05, 0.1) is 18.7 Å². The third kappa shape index (κ3) is 3.48. The number of aromatic nitrogens is 2. The van der Waals surface area contributed by atoms with E-state index < -0.39 is 6.04 Å². The van der Waals surface area contributed by atoms with Crippen molar-refractivity contribution in [2.24, 2.45) is 0 Å². The van der Waals surface area contributed by atoms with Gasteiger partial charge in [0.15, 0.2) is 11.5 Å². The number of nitrogens with zero attached hydrogens (tertiary/aromatic N) is 4. The number of amides is 1. The number of likely N-dealkylation sites (N-methyl/N-ethyl adjacent to an activating group) is 2. The Bertz CT molecular complexity index is 856. The van der Waals surface area contributed by atoms with Crippen molar-refractivity contribution in [3.63, 3.8) is 0 Å². The lowest BCUT2D eigenvalue weighted by Crippen LogP contribution is -2.40. The molecule has 1 aliphatic rings. The van der Waals surface area contributed by atoms with Crippen LogP contribution in [0.1, 0.15) is 10.5 Å². The maximum atomic E-state index is 12.6. The van der Waals surface area contributed by atoms with Crippen molar-refractivity contribution in [1.29, 1.82) is 0 Å². The smallest absolute Gasteiger partial charge is 0.239 e. The summed E-state index contributed by atoms with van der Waals surface area (Å²) in [4.78, 5) is 23.5. The highest BCUT2D eigenvalue weighted by molar-refractivity contribution is 6.34. The number of rotatable bonds is 4. The standard InChI is InChI=1S/C17H21ClN4O3/c1-21(2)17(23)13-5-10(8-22(13)3)25-15-6-11-12(7-14(15)24-4)19-9-20-16(11)18/h6-7,9-10,13H,5,8H2,1-4H3/t10-,13-/m0/s1/i1D,2D,3D. The van der Waals surface area contributed by atoms with Gasteiger partial charge in [-0.3, -0.25) is 9.69 Å². The summed E-state index contributed by atoms with van der Waals surface area (Å²) in [6, 6.07) is 2.83. The van der Waals surface area contributed by atoms with Gasteiger partial charge in [-0.05, 0) is 13.1 Å².